The number of carbonyl (C=O) groups excluding carboxylic acids is 7. The van der Waals surface area contributed by atoms with Crippen LogP contribution >= 0.6 is 0 Å². The molecule has 6 amide bonds. The maximum atomic E-state index is 13.6. The largest absolute Gasteiger partial charge is 0.484 e. The van der Waals surface area contributed by atoms with Gasteiger partial charge in [0, 0.05) is 55.6 Å². The highest BCUT2D eigenvalue weighted by Gasteiger charge is 2.45. The minimum absolute atomic E-state index is 0.0292. The molecule has 19 nitrogen and oxygen atoms in total. The minimum atomic E-state index is -1.37. The van der Waals surface area contributed by atoms with E-state index in [0.29, 0.717) is 41.5 Å². The maximum Gasteiger partial charge on any atom is 0.361 e. The summed E-state index contributed by atoms with van der Waals surface area (Å²) in [6.45, 7) is 3.84. The first-order valence-corrected chi connectivity index (χ1v) is 23.4. The van der Waals surface area contributed by atoms with Crippen molar-refractivity contribution in [3.63, 3.8) is 0 Å². The molecule has 70 heavy (non-hydrogen) atoms. The van der Waals surface area contributed by atoms with E-state index in [1.165, 1.54) is 48.7 Å². The maximum absolute atomic E-state index is 13.6. The van der Waals surface area contributed by atoms with Gasteiger partial charge in [0.25, 0.3) is 23.6 Å². The number of fused-ring (bicyclic) bond motifs is 1. The third-order valence-electron chi connectivity index (χ3n) is 13.3. The van der Waals surface area contributed by atoms with Crippen molar-refractivity contribution in [3.8, 4) is 17.0 Å². The van der Waals surface area contributed by atoms with E-state index in [4.69, 9.17) is 15.2 Å². The molecule has 4 aliphatic heterocycles. The first kappa shape index (κ1) is 47.2. The van der Waals surface area contributed by atoms with Gasteiger partial charge in [0.2, 0.25) is 17.9 Å². The van der Waals surface area contributed by atoms with Crippen molar-refractivity contribution in [2.75, 3.05) is 50.4 Å². The summed E-state index contributed by atoms with van der Waals surface area (Å²) >= 11 is 0. The molecule has 4 N–H and O–H groups in total. The Morgan fingerprint density at radius 3 is 2.36 bits per heavy atom. The van der Waals surface area contributed by atoms with Crippen molar-refractivity contribution < 1.29 is 47.4 Å². The van der Waals surface area contributed by atoms with Crippen LogP contribution in [0.3, 0.4) is 0 Å². The van der Waals surface area contributed by atoms with Crippen molar-refractivity contribution in [3.05, 3.63) is 120 Å². The van der Waals surface area contributed by atoms with Crippen LogP contribution in [0.2, 0.25) is 0 Å². The number of esters is 1. The first-order valence-electron chi connectivity index (χ1n) is 23.4. The third kappa shape index (κ3) is 10.6. The number of benzene rings is 3. The van der Waals surface area contributed by atoms with Crippen LogP contribution in [0, 0.1) is 11.7 Å². The smallest absolute Gasteiger partial charge is 0.361 e. The fourth-order valence-corrected chi connectivity index (χ4v) is 9.42. The molecule has 2 aromatic heterocycles. The summed E-state index contributed by atoms with van der Waals surface area (Å²) in [6.07, 6.45) is 9.41. The van der Waals surface area contributed by atoms with Gasteiger partial charge in [-0.2, -0.15) is 5.10 Å². The van der Waals surface area contributed by atoms with E-state index in [2.05, 4.69) is 30.6 Å². The molecule has 362 valence electrons. The monoisotopic (exact) mass is 954 g/mol. The lowest BCUT2D eigenvalue weighted by atomic mass is 9.92. The van der Waals surface area contributed by atoms with Crippen LogP contribution in [0.1, 0.15) is 100 Å². The van der Waals surface area contributed by atoms with Crippen LogP contribution in [0.5, 0.6) is 5.75 Å². The molecular weight excluding hydrogens is 904 g/mol. The molecule has 0 radical (unpaired) electrons. The number of ether oxygens (including phenoxy) is 2. The quantitative estimate of drug-likeness (QED) is 0.0950. The minimum Gasteiger partial charge on any atom is -0.484 e. The molecule has 3 saturated heterocycles. The van der Waals surface area contributed by atoms with E-state index in [-0.39, 0.29) is 59.8 Å². The molecule has 20 heteroatoms. The predicted molar refractivity (Wildman–Crippen MR) is 249 cm³/mol. The number of piperidine rings is 3. The van der Waals surface area contributed by atoms with Gasteiger partial charge in [-0.25, -0.2) is 19.2 Å². The Labute approximate surface area is 401 Å². The number of carbonyl (C=O) groups is 7. The Morgan fingerprint density at radius 2 is 1.61 bits per heavy atom. The Hall–Kier alpha value is -7.87. The number of imide groups is 2. The number of rotatable bonds is 15. The lowest BCUT2D eigenvalue weighted by Crippen LogP contribution is -2.54. The van der Waals surface area contributed by atoms with Crippen LogP contribution < -0.4 is 21.1 Å². The summed E-state index contributed by atoms with van der Waals surface area (Å²) in [4.78, 5) is 104. The Balaban J connectivity index is 0.700. The summed E-state index contributed by atoms with van der Waals surface area (Å²) in [7, 11) is 0. The molecule has 6 heterocycles. The van der Waals surface area contributed by atoms with Crippen molar-refractivity contribution in [2.45, 2.75) is 69.6 Å². The molecule has 4 aliphatic rings. The molecule has 1 unspecified atom stereocenters. The van der Waals surface area contributed by atoms with Crippen molar-refractivity contribution in [1.82, 2.24) is 39.8 Å². The second kappa shape index (κ2) is 20.8. The number of likely N-dealkylation sites (tertiary alicyclic amines) is 2. The number of nitrogen functional groups attached to an aromatic ring is 1. The van der Waals surface area contributed by atoms with Crippen LogP contribution in [-0.4, -0.2) is 121 Å². The highest BCUT2D eigenvalue weighted by molar-refractivity contribution is 6.23. The van der Waals surface area contributed by atoms with Gasteiger partial charge in [-0.3, -0.25) is 43.7 Å². The van der Waals surface area contributed by atoms with E-state index in [1.807, 2.05) is 10.9 Å². The highest BCUT2D eigenvalue weighted by atomic mass is 19.1. The number of hydrogen-bond acceptors (Lipinski definition) is 14. The van der Waals surface area contributed by atoms with Gasteiger partial charge < -0.3 is 30.3 Å². The number of amides is 6. The van der Waals surface area contributed by atoms with E-state index >= 15 is 0 Å². The predicted octanol–water partition coefficient (Wildman–Crippen LogP) is 4.73. The van der Waals surface area contributed by atoms with Gasteiger partial charge in [0.1, 0.15) is 17.6 Å². The van der Waals surface area contributed by atoms with Gasteiger partial charge >= 0.3 is 5.97 Å². The van der Waals surface area contributed by atoms with E-state index < -0.39 is 53.5 Å². The zero-order valence-electron chi connectivity index (χ0n) is 38.1. The van der Waals surface area contributed by atoms with E-state index in [9.17, 15) is 38.0 Å². The topological polar surface area (TPSA) is 241 Å². The average molecular weight is 955 g/mol. The van der Waals surface area contributed by atoms with Gasteiger partial charge in [0.05, 0.1) is 35.3 Å². The number of aromatic nitrogens is 4. The number of nitrogens with two attached hydrogens (primary N) is 1. The first-order chi connectivity index (χ1) is 33.9. The summed E-state index contributed by atoms with van der Waals surface area (Å²) in [5.41, 5.74) is 7.81. The second-order valence-corrected chi connectivity index (χ2v) is 17.9. The Bertz CT molecular complexity index is 2810. The zero-order valence-corrected chi connectivity index (χ0v) is 38.1. The van der Waals surface area contributed by atoms with E-state index in [0.717, 1.165) is 63.1 Å². The number of halogens is 1. The SMILES string of the molecule is Nc1ncc(-c2cnn(C3CCN(CCCC4CCN(C(=O)COc5ccc6c(c5)C(=O)N(C5CCC(=O)NC5=O)C6=O)CC4)CC3)c2)nc1C(=O)O[C@@H](C(=O)Nc1ccc(F)cc1)c1ccccc1. The van der Waals surface area contributed by atoms with Gasteiger partial charge in [0.15, 0.2) is 18.1 Å². The molecule has 5 aromatic rings. The van der Waals surface area contributed by atoms with Gasteiger partial charge in [-0.15, -0.1) is 0 Å². The Kier molecular flexibility index (Phi) is 14.0. The average Bonchev–Trinajstić information content (AvgIpc) is 3.96. The molecule has 0 spiro atoms. The van der Waals surface area contributed by atoms with Crippen LogP contribution in [-0.2, 0) is 23.9 Å². The molecule has 3 fully saturated rings. The number of anilines is 2. The molecule has 9 rings (SSSR count). The molecule has 0 bridgehead atoms. The zero-order chi connectivity index (χ0) is 48.9. The summed E-state index contributed by atoms with van der Waals surface area (Å²) in [6, 6.07) is 17.2. The lowest BCUT2D eigenvalue weighted by Gasteiger charge is -2.34. The fourth-order valence-electron chi connectivity index (χ4n) is 9.42. The summed E-state index contributed by atoms with van der Waals surface area (Å²) in [5, 5.41) is 9.47. The second-order valence-electron chi connectivity index (χ2n) is 17.9. The number of hydrogen-bond donors (Lipinski definition) is 3. The van der Waals surface area contributed by atoms with Crippen LogP contribution in [0.25, 0.3) is 11.3 Å². The van der Waals surface area contributed by atoms with Gasteiger partial charge in [-0.05, 0) is 99.9 Å². The third-order valence-corrected chi connectivity index (χ3v) is 13.3. The molecule has 0 saturated carbocycles. The lowest BCUT2D eigenvalue weighted by molar-refractivity contribution is -0.136. The fraction of sp³-hybridized carbons (Fsp3) is 0.360. The number of nitrogens with zero attached hydrogens (tertiary/aromatic N) is 7. The molecule has 0 aliphatic carbocycles. The van der Waals surface area contributed by atoms with Crippen molar-refractivity contribution >= 4 is 52.9 Å². The number of nitrogens with one attached hydrogen (secondary N) is 2. The molecular formula is C50H51FN10O9. The Morgan fingerprint density at radius 1 is 0.871 bits per heavy atom. The molecule has 2 atom stereocenters. The highest BCUT2D eigenvalue weighted by Crippen LogP contribution is 2.32. The molecule has 3 aromatic carbocycles. The van der Waals surface area contributed by atoms with Crippen LogP contribution in [0.15, 0.2) is 91.4 Å². The van der Waals surface area contributed by atoms with Crippen LogP contribution in [0.4, 0.5) is 15.9 Å². The standard InChI is InChI=1S/C50H51FN10O9/c51-33-8-10-34(11-9-33)55-47(65)44(31-6-2-1-3-7-31)70-50(68)43-45(52)53-27-39(56-43)32-26-54-60(28-32)35-18-21-58(22-19-35)20-4-5-30-16-23-59(24-17-30)42(63)29-69-36-12-13-37-38(25-36)49(67)61(48(37)66)40-14-15-41(62)57-46(40)64/h1-3,6-13,25-28,30,35,40,44H,4-5,14-24,29H2,(H2,52,53)(H,55,65)(H,57,62,64)/t40?,44-/m1/s1. The van der Waals surface area contributed by atoms with Gasteiger partial charge in [-0.1, -0.05) is 30.3 Å². The normalized spacial score (nSPS) is 18.3. The summed E-state index contributed by atoms with van der Waals surface area (Å²) < 4.78 is 26.9. The van der Waals surface area contributed by atoms with E-state index in [1.54, 1.807) is 41.4 Å². The van der Waals surface area contributed by atoms with Crippen molar-refractivity contribution in [1.29, 1.82) is 0 Å². The summed E-state index contributed by atoms with van der Waals surface area (Å²) in [5.74, 6) is -3.99. The van der Waals surface area contributed by atoms with Crippen molar-refractivity contribution in [2.24, 2.45) is 5.92 Å².